The van der Waals surface area contributed by atoms with Gasteiger partial charge in [0.05, 0.1) is 11.7 Å². The largest absolute Gasteiger partial charge is 0.462 e. The molecule has 3 heteroatoms. The van der Waals surface area contributed by atoms with Crippen molar-refractivity contribution in [3.8, 4) is 0 Å². The van der Waals surface area contributed by atoms with E-state index in [1.54, 1.807) is 0 Å². The second-order valence-corrected chi connectivity index (χ2v) is 8.53. The van der Waals surface area contributed by atoms with Crippen LogP contribution in [-0.2, 0) is 15.6 Å². The molecule has 0 aromatic heterocycles. The summed E-state index contributed by atoms with van der Waals surface area (Å²) in [5, 5.41) is 0. The van der Waals surface area contributed by atoms with E-state index in [1.807, 2.05) is 0 Å². The fourth-order valence-electron chi connectivity index (χ4n) is 5.29. The Morgan fingerprint density at radius 1 is 1.18 bits per heavy atom. The molecular formula is C19H27BO2. The Kier molecular flexibility index (Phi) is 3.10. The highest BCUT2D eigenvalue weighted by Crippen LogP contribution is 2.65. The van der Waals surface area contributed by atoms with E-state index in [9.17, 15) is 0 Å². The van der Waals surface area contributed by atoms with Crippen LogP contribution in [0.3, 0.4) is 0 Å². The van der Waals surface area contributed by atoms with E-state index >= 15 is 0 Å². The van der Waals surface area contributed by atoms with Crippen molar-refractivity contribution in [1.29, 1.82) is 0 Å². The van der Waals surface area contributed by atoms with E-state index in [1.165, 1.54) is 29.5 Å². The van der Waals surface area contributed by atoms with Crippen LogP contribution < -0.4 is 0 Å². The van der Waals surface area contributed by atoms with E-state index in [4.69, 9.17) is 9.31 Å². The Labute approximate surface area is 134 Å². The van der Waals surface area contributed by atoms with Crippen molar-refractivity contribution in [2.75, 3.05) is 0 Å². The Hall–Kier alpha value is -0.795. The van der Waals surface area contributed by atoms with Crippen molar-refractivity contribution in [3.63, 3.8) is 0 Å². The predicted molar refractivity (Wildman–Crippen MR) is 89.7 cm³/mol. The van der Waals surface area contributed by atoms with Gasteiger partial charge in [0.25, 0.3) is 0 Å². The third-order valence-corrected chi connectivity index (χ3v) is 6.89. The maximum absolute atomic E-state index is 6.51. The van der Waals surface area contributed by atoms with E-state index in [0.717, 1.165) is 12.2 Å². The summed E-state index contributed by atoms with van der Waals surface area (Å²) in [6, 6.07) is 6.66. The minimum Gasteiger partial charge on any atom is -0.405 e. The van der Waals surface area contributed by atoms with Gasteiger partial charge in [-0.3, -0.25) is 0 Å². The van der Waals surface area contributed by atoms with Gasteiger partial charge in [0, 0.05) is 6.32 Å². The number of hydrogen-bond donors (Lipinski definition) is 0. The maximum atomic E-state index is 6.51. The lowest BCUT2D eigenvalue weighted by molar-refractivity contribution is -0.199. The van der Waals surface area contributed by atoms with Crippen LogP contribution in [0.2, 0.25) is 0 Å². The smallest absolute Gasteiger partial charge is 0.405 e. The number of benzene rings is 1. The molecule has 0 N–H and O–H groups in total. The molecule has 3 aliphatic carbocycles. The summed E-state index contributed by atoms with van der Waals surface area (Å²) in [5.74, 6) is 1.46. The molecule has 4 aliphatic rings. The first-order chi connectivity index (χ1) is 10.3. The topological polar surface area (TPSA) is 18.5 Å². The zero-order valence-electron chi connectivity index (χ0n) is 14.5. The van der Waals surface area contributed by atoms with Crippen LogP contribution in [0.1, 0.15) is 50.3 Å². The summed E-state index contributed by atoms with van der Waals surface area (Å²) in [6.07, 6.45) is 3.65. The van der Waals surface area contributed by atoms with Gasteiger partial charge in [-0.05, 0) is 62.0 Å². The Morgan fingerprint density at radius 2 is 1.95 bits per heavy atom. The molecule has 4 atom stereocenters. The molecule has 2 unspecified atom stereocenters. The molecule has 22 heavy (non-hydrogen) atoms. The molecule has 118 valence electrons. The van der Waals surface area contributed by atoms with E-state index < -0.39 is 0 Å². The molecule has 0 spiro atoms. The van der Waals surface area contributed by atoms with Gasteiger partial charge in [-0.1, -0.05) is 37.6 Å². The van der Waals surface area contributed by atoms with Crippen LogP contribution in [0.15, 0.2) is 18.2 Å². The first kappa shape index (κ1) is 14.8. The first-order valence-electron chi connectivity index (χ1n) is 8.70. The van der Waals surface area contributed by atoms with E-state index in [-0.39, 0.29) is 12.7 Å². The summed E-state index contributed by atoms with van der Waals surface area (Å²) in [4.78, 5) is 0. The molecule has 0 amide bonds. The molecule has 1 aromatic rings. The highest BCUT2D eigenvalue weighted by atomic mass is 16.7. The quantitative estimate of drug-likeness (QED) is 0.765. The van der Waals surface area contributed by atoms with Gasteiger partial charge in [-0.2, -0.15) is 0 Å². The van der Waals surface area contributed by atoms with Crippen LogP contribution >= 0.6 is 0 Å². The normalized spacial score (nSPS) is 38.6. The molecule has 1 heterocycles. The van der Waals surface area contributed by atoms with Gasteiger partial charge >= 0.3 is 7.12 Å². The van der Waals surface area contributed by atoms with Gasteiger partial charge in [-0.25, -0.2) is 0 Å². The van der Waals surface area contributed by atoms with Crippen molar-refractivity contribution in [2.24, 2.45) is 17.3 Å². The lowest BCUT2D eigenvalue weighted by Crippen LogP contribution is -2.65. The number of hydrogen-bond acceptors (Lipinski definition) is 2. The van der Waals surface area contributed by atoms with Crippen LogP contribution in [0, 0.1) is 31.1 Å². The molecule has 2 nitrogen and oxygen atoms in total. The van der Waals surface area contributed by atoms with Crippen LogP contribution in [0.5, 0.6) is 0 Å². The molecule has 2 bridgehead atoms. The van der Waals surface area contributed by atoms with E-state index in [2.05, 4.69) is 52.8 Å². The number of aryl methyl sites for hydroxylation is 2. The first-order valence-corrected chi connectivity index (χ1v) is 8.70. The second-order valence-electron chi connectivity index (χ2n) is 8.53. The third kappa shape index (κ3) is 1.95. The van der Waals surface area contributed by atoms with Crippen LogP contribution in [0.4, 0.5) is 0 Å². The minimum absolute atomic E-state index is 0.0773. The highest BCUT2D eigenvalue weighted by Gasteiger charge is 2.67. The van der Waals surface area contributed by atoms with Gasteiger partial charge in [0.1, 0.15) is 0 Å². The molecule has 4 fully saturated rings. The van der Waals surface area contributed by atoms with E-state index in [0.29, 0.717) is 17.4 Å². The Bertz CT molecular complexity index is 611. The molecule has 1 saturated heterocycles. The van der Waals surface area contributed by atoms with Crippen LogP contribution in [-0.4, -0.2) is 18.8 Å². The molecule has 3 saturated carbocycles. The fraction of sp³-hybridized carbons (Fsp3) is 0.684. The average molecular weight is 298 g/mol. The SMILES string of the molecule is Cc1ccc(CB2O[C@@H]3CC4CC(C4(C)C)[C@]3(C)O2)c(C)c1. The predicted octanol–water partition coefficient (Wildman–Crippen LogP) is 4.11. The summed E-state index contributed by atoms with van der Waals surface area (Å²) in [5.41, 5.74) is 4.35. The van der Waals surface area contributed by atoms with Crippen LogP contribution in [0.25, 0.3) is 0 Å². The van der Waals surface area contributed by atoms with Crippen molar-refractivity contribution in [2.45, 2.75) is 65.5 Å². The van der Waals surface area contributed by atoms with Gasteiger partial charge < -0.3 is 9.31 Å². The van der Waals surface area contributed by atoms with Gasteiger partial charge in [0.2, 0.25) is 0 Å². The fourth-order valence-corrected chi connectivity index (χ4v) is 5.29. The summed E-state index contributed by atoms with van der Waals surface area (Å²) < 4.78 is 12.8. The number of rotatable bonds is 2. The second kappa shape index (κ2) is 4.61. The highest BCUT2D eigenvalue weighted by molar-refractivity contribution is 6.44. The van der Waals surface area contributed by atoms with Crippen molar-refractivity contribution in [1.82, 2.24) is 0 Å². The van der Waals surface area contributed by atoms with Gasteiger partial charge in [0.15, 0.2) is 0 Å². The molecular weight excluding hydrogens is 271 g/mol. The molecule has 5 rings (SSSR count). The Morgan fingerprint density at radius 3 is 2.64 bits per heavy atom. The minimum atomic E-state index is -0.0818. The summed E-state index contributed by atoms with van der Waals surface area (Å²) >= 11 is 0. The lowest BCUT2D eigenvalue weighted by Gasteiger charge is -2.64. The third-order valence-electron chi connectivity index (χ3n) is 6.89. The monoisotopic (exact) mass is 298 g/mol. The molecule has 1 aliphatic heterocycles. The molecule has 1 aromatic carbocycles. The Balaban J connectivity index is 1.53. The zero-order chi connectivity index (χ0) is 15.7. The van der Waals surface area contributed by atoms with Crippen molar-refractivity contribution in [3.05, 3.63) is 34.9 Å². The van der Waals surface area contributed by atoms with Gasteiger partial charge in [-0.15, -0.1) is 0 Å². The average Bonchev–Trinajstić information content (AvgIpc) is 2.77. The summed E-state index contributed by atoms with van der Waals surface area (Å²) in [7, 11) is -0.0773. The maximum Gasteiger partial charge on any atom is 0.462 e. The summed E-state index contributed by atoms with van der Waals surface area (Å²) in [6.45, 7) is 11.4. The standard InChI is InChI=1S/C19H27BO2/c1-12-6-7-14(13(2)8-12)11-20-21-17-10-15-9-16(18(15,3)4)19(17,5)22-20/h6-8,15-17H,9-11H2,1-5H3/t15?,16?,17-,19+/m1/s1. The lowest BCUT2D eigenvalue weighted by atomic mass is 9.43. The zero-order valence-corrected chi connectivity index (χ0v) is 14.5. The van der Waals surface area contributed by atoms with Crippen molar-refractivity contribution >= 4 is 7.12 Å². The van der Waals surface area contributed by atoms with Crippen molar-refractivity contribution < 1.29 is 9.31 Å². The molecule has 0 radical (unpaired) electrons.